The highest BCUT2D eigenvalue weighted by Crippen LogP contribution is 2.08. The second-order valence-corrected chi connectivity index (χ2v) is 7.30. The van der Waals surface area contributed by atoms with Crippen LogP contribution in [0.25, 0.3) is 0 Å². The van der Waals surface area contributed by atoms with Crippen molar-refractivity contribution in [2.45, 2.75) is 77.8 Å². The van der Waals surface area contributed by atoms with Gasteiger partial charge in [-0.3, -0.25) is 0 Å². The molecule has 0 aliphatic rings. The Morgan fingerprint density at radius 2 is 1.33 bits per heavy atom. The maximum absolute atomic E-state index is 3.35. The first-order valence-electron chi connectivity index (χ1n) is 6.75. The monoisotopic (exact) mass is 224 g/mol. The molecule has 0 saturated heterocycles. The molecule has 0 amide bonds. The van der Waals surface area contributed by atoms with Crippen molar-refractivity contribution in [2.24, 2.45) is 0 Å². The fraction of sp³-hybridized carbons (Fsp3) is 0.857. The SMILES string of the molecule is CCCCCCCCCCC#C[SiH](C)C. The van der Waals surface area contributed by atoms with E-state index in [2.05, 4.69) is 31.5 Å². The van der Waals surface area contributed by atoms with Crippen LogP contribution in [0.4, 0.5) is 0 Å². The summed E-state index contributed by atoms with van der Waals surface area (Å²) in [7, 11) is -0.610. The van der Waals surface area contributed by atoms with Gasteiger partial charge in [0.15, 0.2) is 0 Å². The quantitative estimate of drug-likeness (QED) is 0.322. The van der Waals surface area contributed by atoms with E-state index in [9.17, 15) is 0 Å². The zero-order chi connectivity index (χ0) is 11.4. The van der Waals surface area contributed by atoms with Crippen molar-refractivity contribution in [1.82, 2.24) is 0 Å². The molecule has 0 aromatic heterocycles. The van der Waals surface area contributed by atoms with Gasteiger partial charge < -0.3 is 0 Å². The van der Waals surface area contributed by atoms with Crippen LogP contribution in [0, 0.1) is 11.5 Å². The number of rotatable bonds is 8. The van der Waals surface area contributed by atoms with Gasteiger partial charge in [0.1, 0.15) is 8.80 Å². The van der Waals surface area contributed by atoms with Crippen molar-refractivity contribution < 1.29 is 0 Å². The molecule has 0 bridgehead atoms. The Kier molecular flexibility index (Phi) is 11.7. The van der Waals surface area contributed by atoms with E-state index in [1.165, 1.54) is 51.4 Å². The standard InChI is InChI=1S/C14H28Si/c1-4-5-6-7-8-9-10-11-12-13-14-15(2)3/h15H,4-12H2,1-3H3. The van der Waals surface area contributed by atoms with Gasteiger partial charge >= 0.3 is 0 Å². The topological polar surface area (TPSA) is 0 Å². The van der Waals surface area contributed by atoms with E-state index in [4.69, 9.17) is 0 Å². The third-order valence-corrected chi connectivity index (χ3v) is 3.33. The summed E-state index contributed by atoms with van der Waals surface area (Å²) in [6.45, 7) is 6.86. The smallest absolute Gasteiger partial charge is 0.116 e. The highest BCUT2D eigenvalue weighted by atomic mass is 28.3. The predicted octanol–water partition coefficient (Wildman–Crippen LogP) is 4.55. The summed E-state index contributed by atoms with van der Waals surface area (Å²) in [5, 5.41) is 0. The number of hydrogen-bond acceptors (Lipinski definition) is 0. The largest absolute Gasteiger partial charge is 0.136 e. The van der Waals surface area contributed by atoms with Gasteiger partial charge in [0.05, 0.1) is 0 Å². The molecule has 0 aromatic rings. The van der Waals surface area contributed by atoms with Crippen LogP contribution in [0.3, 0.4) is 0 Å². The lowest BCUT2D eigenvalue weighted by Gasteiger charge is -1.99. The summed E-state index contributed by atoms with van der Waals surface area (Å²) in [6, 6.07) is 0. The molecule has 0 fully saturated rings. The van der Waals surface area contributed by atoms with Crippen molar-refractivity contribution in [1.29, 1.82) is 0 Å². The lowest BCUT2D eigenvalue weighted by Crippen LogP contribution is -1.92. The molecule has 0 N–H and O–H groups in total. The summed E-state index contributed by atoms with van der Waals surface area (Å²) >= 11 is 0. The first-order valence-corrected chi connectivity index (χ1v) is 9.64. The first kappa shape index (κ1) is 14.8. The van der Waals surface area contributed by atoms with Crippen LogP contribution in [0.5, 0.6) is 0 Å². The highest BCUT2D eigenvalue weighted by molar-refractivity contribution is 6.64. The van der Waals surface area contributed by atoms with Gasteiger partial charge in [-0.25, -0.2) is 0 Å². The summed E-state index contributed by atoms with van der Waals surface area (Å²) < 4.78 is 0. The maximum Gasteiger partial charge on any atom is 0.116 e. The van der Waals surface area contributed by atoms with Crippen LogP contribution in [0.15, 0.2) is 0 Å². The van der Waals surface area contributed by atoms with Crippen LogP contribution in [0.1, 0.15) is 64.7 Å². The van der Waals surface area contributed by atoms with Crippen molar-refractivity contribution in [3.8, 4) is 11.5 Å². The van der Waals surface area contributed by atoms with E-state index in [1.54, 1.807) is 0 Å². The Morgan fingerprint density at radius 3 is 1.87 bits per heavy atom. The molecule has 0 saturated carbocycles. The molecule has 0 aliphatic carbocycles. The van der Waals surface area contributed by atoms with Gasteiger partial charge in [-0.15, -0.1) is 11.5 Å². The Balaban J connectivity index is 3.03. The van der Waals surface area contributed by atoms with Gasteiger partial charge in [-0.1, -0.05) is 65.0 Å². The molecule has 88 valence electrons. The number of unbranched alkanes of at least 4 members (excludes halogenated alkanes) is 8. The molecule has 0 heterocycles. The van der Waals surface area contributed by atoms with Crippen molar-refractivity contribution >= 4 is 8.80 Å². The van der Waals surface area contributed by atoms with Crippen molar-refractivity contribution in [2.75, 3.05) is 0 Å². The molecule has 1 heteroatoms. The minimum Gasteiger partial charge on any atom is -0.136 e. The van der Waals surface area contributed by atoms with E-state index in [-0.39, 0.29) is 0 Å². The Hall–Kier alpha value is -0.223. The molecule has 0 aromatic carbocycles. The summed E-state index contributed by atoms with van der Waals surface area (Å²) in [5.74, 6) is 3.31. The minimum atomic E-state index is -0.610. The normalized spacial score (nSPS) is 10.1. The van der Waals surface area contributed by atoms with Crippen LogP contribution < -0.4 is 0 Å². The molecular weight excluding hydrogens is 196 g/mol. The Morgan fingerprint density at radius 1 is 0.800 bits per heavy atom. The molecule has 0 spiro atoms. The van der Waals surface area contributed by atoms with Crippen LogP contribution in [-0.4, -0.2) is 8.80 Å². The van der Waals surface area contributed by atoms with Gasteiger partial charge in [0.25, 0.3) is 0 Å². The molecular formula is C14H28Si. The molecule has 0 atom stereocenters. The van der Waals surface area contributed by atoms with Gasteiger partial charge in [0.2, 0.25) is 0 Å². The van der Waals surface area contributed by atoms with E-state index in [0.717, 1.165) is 6.42 Å². The minimum absolute atomic E-state index is 0.610. The fourth-order valence-electron chi connectivity index (χ4n) is 1.62. The zero-order valence-electron chi connectivity index (χ0n) is 10.9. The molecule has 0 unspecified atom stereocenters. The van der Waals surface area contributed by atoms with Crippen molar-refractivity contribution in [3.05, 3.63) is 0 Å². The molecule has 0 nitrogen and oxygen atoms in total. The number of hydrogen-bond donors (Lipinski definition) is 0. The lowest BCUT2D eigenvalue weighted by atomic mass is 10.1. The Bertz CT molecular complexity index is 174. The lowest BCUT2D eigenvalue weighted by molar-refractivity contribution is 0.579. The van der Waals surface area contributed by atoms with Crippen LogP contribution in [-0.2, 0) is 0 Å². The molecule has 15 heavy (non-hydrogen) atoms. The summed E-state index contributed by atoms with van der Waals surface area (Å²) in [6.07, 6.45) is 12.4. The molecule has 0 rings (SSSR count). The van der Waals surface area contributed by atoms with Crippen LogP contribution >= 0.6 is 0 Å². The summed E-state index contributed by atoms with van der Waals surface area (Å²) in [4.78, 5) is 0. The second kappa shape index (κ2) is 11.8. The van der Waals surface area contributed by atoms with E-state index in [1.807, 2.05) is 0 Å². The van der Waals surface area contributed by atoms with Crippen LogP contribution in [0.2, 0.25) is 13.1 Å². The second-order valence-electron chi connectivity index (χ2n) is 4.70. The van der Waals surface area contributed by atoms with E-state index >= 15 is 0 Å². The average Bonchev–Trinajstić information content (AvgIpc) is 2.20. The van der Waals surface area contributed by atoms with E-state index < -0.39 is 8.80 Å². The summed E-state index contributed by atoms with van der Waals surface area (Å²) in [5.41, 5.74) is 3.35. The fourth-order valence-corrected chi connectivity index (χ4v) is 2.18. The highest BCUT2D eigenvalue weighted by Gasteiger charge is 1.90. The molecule has 0 radical (unpaired) electrons. The van der Waals surface area contributed by atoms with Gasteiger partial charge in [-0.05, 0) is 6.42 Å². The van der Waals surface area contributed by atoms with E-state index in [0.29, 0.717) is 0 Å². The average molecular weight is 224 g/mol. The molecule has 0 aliphatic heterocycles. The predicted molar refractivity (Wildman–Crippen MR) is 73.9 cm³/mol. The Labute approximate surface area is 98.5 Å². The first-order chi connectivity index (χ1) is 7.27. The van der Waals surface area contributed by atoms with Gasteiger partial charge in [0, 0.05) is 6.42 Å². The van der Waals surface area contributed by atoms with Gasteiger partial charge in [-0.2, -0.15) is 0 Å². The van der Waals surface area contributed by atoms with Crippen molar-refractivity contribution in [3.63, 3.8) is 0 Å². The zero-order valence-corrected chi connectivity index (χ0v) is 12.1. The maximum atomic E-state index is 3.35. The third kappa shape index (κ3) is 13.8. The third-order valence-electron chi connectivity index (χ3n) is 2.55.